The van der Waals surface area contributed by atoms with Gasteiger partial charge in [0, 0.05) is 13.0 Å². The summed E-state index contributed by atoms with van der Waals surface area (Å²) in [5, 5.41) is 22.5. The number of aliphatic carboxylic acids is 1. The fourth-order valence-corrected chi connectivity index (χ4v) is 1.56. The predicted octanol–water partition coefficient (Wildman–Crippen LogP) is 1.09. The summed E-state index contributed by atoms with van der Waals surface area (Å²) >= 11 is 0. The van der Waals surface area contributed by atoms with Crippen molar-refractivity contribution in [3.05, 3.63) is 0 Å². The lowest BCUT2D eigenvalue weighted by atomic mass is 9.94. The van der Waals surface area contributed by atoms with E-state index in [4.69, 9.17) is 10.3 Å². The molecule has 0 spiro atoms. The lowest BCUT2D eigenvalue weighted by Gasteiger charge is -2.17. The highest BCUT2D eigenvalue weighted by molar-refractivity contribution is 6.37. The number of nitrogens with zero attached hydrogens (tertiary/aromatic N) is 1. The Labute approximate surface area is 101 Å². The van der Waals surface area contributed by atoms with Crippen LogP contribution in [-0.4, -0.2) is 34.4 Å². The van der Waals surface area contributed by atoms with Crippen molar-refractivity contribution in [3.63, 3.8) is 0 Å². The van der Waals surface area contributed by atoms with Crippen LogP contribution in [0.25, 0.3) is 0 Å². The maximum absolute atomic E-state index is 11.3. The van der Waals surface area contributed by atoms with E-state index in [-0.39, 0.29) is 24.6 Å². The number of oxime groups is 1. The summed E-state index contributed by atoms with van der Waals surface area (Å²) in [5.41, 5.74) is -0.0383. The molecule has 0 saturated heterocycles. The van der Waals surface area contributed by atoms with Gasteiger partial charge >= 0.3 is 5.97 Å². The van der Waals surface area contributed by atoms with Gasteiger partial charge in [0.05, 0.1) is 0 Å². The minimum atomic E-state index is -0.877. The molecule has 0 fully saturated rings. The highest BCUT2D eigenvalue weighted by atomic mass is 16.4. The molecule has 0 saturated carbocycles. The van der Waals surface area contributed by atoms with Crippen LogP contribution in [0.3, 0.4) is 0 Å². The Morgan fingerprint density at radius 1 is 1.35 bits per heavy atom. The topological polar surface area (TPSA) is 99.0 Å². The van der Waals surface area contributed by atoms with Gasteiger partial charge < -0.3 is 15.6 Å². The Kier molecular flexibility index (Phi) is 6.93. The molecule has 0 heterocycles. The number of carboxylic acids is 1. The Morgan fingerprint density at radius 2 is 1.94 bits per heavy atom. The lowest BCUT2D eigenvalue weighted by molar-refractivity contribution is -0.138. The summed E-state index contributed by atoms with van der Waals surface area (Å²) < 4.78 is 0. The first-order valence-electron chi connectivity index (χ1n) is 5.55. The monoisotopic (exact) mass is 244 g/mol. The van der Waals surface area contributed by atoms with Gasteiger partial charge in [-0.2, -0.15) is 0 Å². The van der Waals surface area contributed by atoms with Crippen molar-refractivity contribution in [1.29, 1.82) is 0 Å². The van der Waals surface area contributed by atoms with E-state index in [2.05, 4.69) is 10.5 Å². The molecule has 1 amide bonds. The Morgan fingerprint density at radius 3 is 2.35 bits per heavy atom. The normalized spacial score (nSPS) is 13.5. The molecule has 0 aromatic carbocycles. The molecular formula is C11H20N2O4. The summed E-state index contributed by atoms with van der Waals surface area (Å²) in [6, 6.07) is 0. The molecule has 98 valence electrons. The highest BCUT2D eigenvalue weighted by Gasteiger charge is 2.16. The van der Waals surface area contributed by atoms with E-state index < -0.39 is 11.9 Å². The van der Waals surface area contributed by atoms with Crippen LogP contribution in [-0.2, 0) is 9.59 Å². The number of hydrogen-bond acceptors (Lipinski definition) is 4. The molecular weight excluding hydrogens is 224 g/mol. The van der Waals surface area contributed by atoms with Crippen molar-refractivity contribution in [1.82, 2.24) is 5.32 Å². The van der Waals surface area contributed by atoms with Crippen molar-refractivity contribution in [2.24, 2.45) is 17.0 Å². The van der Waals surface area contributed by atoms with Crippen LogP contribution in [0.5, 0.6) is 0 Å². The molecule has 0 aliphatic rings. The van der Waals surface area contributed by atoms with Gasteiger partial charge in [-0.05, 0) is 25.2 Å². The fourth-order valence-electron chi connectivity index (χ4n) is 1.56. The smallest absolute Gasteiger partial charge is 0.303 e. The number of rotatable bonds is 7. The van der Waals surface area contributed by atoms with Gasteiger partial charge in [-0.3, -0.25) is 9.59 Å². The van der Waals surface area contributed by atoms with Crippen molar-refractivity contribution >= 4 is 17.6 Å². The first-order valence-corrected chi connectivity index (χ1v) is 5.55. The van der Waals surface area contributed by atoms with Gasteiger partial charge in [-0.1, -0.05) is 19.0 Å². The molecule has 0 radical (unpaired) electrons. The zero-order valence-corrected chi connectivity index (χ0v) is 10.4. The number of amides is 1. The standard InChI is InChI=1S/C11H20N2O4/c1-7(2)4-9(5-10(14)15)6-12-11(16)8(3)13-17/h7,9,17H,4-6H2,1-3H3,(H,12,16)(H,14,15)/b13-8+/t9-/m0/s1. The van der Waals surface area contributed by atoms with Crippen molar-refractivity contribution < 1.29 is 19.9 Å². The summed E-state index contributed by atoms with van der Waals surface area (Å²) in [4.78, 5) is 22.0. The van der Waals surface area contributed by atoms with Gasteiger partial charge in [0.15, 0.2) is 0 Å². The molecule has 6 nitrogen and oxygen atoms in total. The van der Waals surface area contributed by atoms with E-state index in [1.165, 1.54) is 6.92 Å². The van der Waals surface area contributed by atoms with E-state index >= 15 is 0 Å². The third kappa shape index (κ3) is 7.32. The molecule has 0 aromatic rings. The second kappa shape index (κ2) is 7.65. The molecule has 6 heteroatoms. The number of hydrogen-bond donors (Lipinski definition) is 3. The Balaban J connectivity index is 4.24. The minimum absolute atomic E-state index is 0.0216. The number of carboxylic acid groups (broad SMARTS) is 1. The lowest BCUT2D eigenvalue weighted by Crippen LogP contribution is -2.34. The van der Waals surface area contributed by atoms with E-state index in [9.17, 15) is 9.59 Å². The molecule has 0 aromatic heterocycles. The van der Waals surface area contributed by atoms with E-state index in [1.807, 2.05) is 13.8 Å². The van der Waals surface area contributed by atoms with Crippen LogP contribution in [0.1, 0.15) is 33.6 Å². The van der Waals surface area contributed by atoms with Crippen molar-refractivity contribution in [2.45, 2.75) is 33.6 Å². The minimum Gasteiger partial charge on any atom is -0.481 e. The second-order valence-electron chi connectivity index (χ2n) is 4.49. The third-order valence-electron chi connectivity index (χ3n) is 2.30. The molecule has 0 bridgehead atoms. The molecule has 0 aliphatic carbocycles. The average molecular weight is 244 g/mol. The zero-order chi connectivity index (χ0) is 13.4. The van der Waals surface area contributed by atoms with Gasteiger partial charge in [-0.25, -0.2) is 0 Å². The van der Waals surface area contributed by atoms with Gasteiger partial charge in [0.25, 0.3) is 5.91 Å². The van der Waals surface area contributed by atoms with Gasteiger partial charge in [-0.15, -0.1) is 0 Å². The quantitative estimate of drug-likeness (QED) is 0.354. The molecule has 0 aliphatic heterocycles. The van der Waals surface area contributed by atoms with E-state index in [1.54, 1.807) is 0 Å². The van der Waals surface area contributed by atoms with Crippen LogP contribution >= 0.6 is 0 Å². The maximum atomic E-state index is 11.3. The van der Waals surface area contributed by atoms with Crippen molar-refractivity contribution in [2.75, 3.05) is 6.54 Å². The van der Waals surface area contributed by atoms with Crippen molar-refractivity contribution in [3.8, 4) is 0 Å². The number of carbonyl (C=O) groups excluding carboxylic acids is 1. The number of nitrogens with one attached hydrogen (secondary N) is 1. The van der Waals surface area contributed by atoms with Crippen LogP contribution in [0.15, 0.2) is 5.16 Å². The average Bonchev–Trinajstić information content (AvgIpc) is 2.22. The van der Waals surface area contributed by atoms with E-state index in [0.29, 0.717) is 5.92 Å². The maximum Gasteiger partial charge on any atom is 0.303 e. The first-order chi connectivity index (χ1) is 7.86. The zero-order valence-electron chi connectivity index (χ0n) is 10.4. The highest BCUT2D eigenvalue weighted by Crippen LogP contribution is 2.14. The summed E-state index contributed by atoms with van der Waals surface area (Å²) in [6.45, 7) is 5.65. The molecule has 0 unspecified atom stereocenters. The summed E-state index contributed by atoms with van der Waals surface area (Å²) in [6.07, 6.45) is 0.746. The largest absolute Gasteiger partial charge is 0.481 e. The predicted molar refractivity (Wildman–Crippen MR) is 63.1 cm³/mol. The third-order valence-corrected chi connectivity index (χ3v) is 2.30. The molecule has 3 N–H and O–H groups in total. The second-order valence-corrected chi connectivity index (χ2v) is 4.49. The van der Waals surface area contributed by atoms with Gasteiger partial charge in [0.2, 0.25) is 0 Å². The summed E-state index contributed by atoms with van der Waals surface area (Å²) in [7, 11) is 0. The summed E-state index contributed by atoms with van der Waals surface area (Å²) in [5.74, 6) is -1.10. The fraction of sp³-hybridized carbons (Fsp3) is 0.727. The Hall–Kier alpha value is -1.59. The first kappa shape index (κ1) is 15.4. The number of carbonyl (C=O) groups is 2. The Bertz CT molecular complexity index is 300. The van der Waals surface area contributed by atoms with Crippen LogP contribution in [0.4, 0.5) is 0 Å². The molecule has 0 rings (SSSR count). The van der Waals surface area contributed by atoms with Crippen LogP contribution < -0.4 is 5.32 Å². The SMILES string of the molecule is C/C(=N\O)C(=O)NC[C@H](CC(=O)O)CC(C)C. The van der Waals surface area contributed by atoms with E-state index in [0.717, 1.165) is 6.42 Å². The van der Waals surface area contributed by atoms with Gasteiger partial charge in [0.1, 0.15) is 5.71 Å². The van der Waals surface area contributed by atoms with Crippen LogP contribution in [0, 0.1) is 11.8 Å². The van der Waals surface area contributed by atoms with Crippen LogP contribution in [0.2, 0.25) is 0 Å². The molecule has 1 atom stereocenters. The molecule has 17 heavy (non-hydrogen) atoms.